The summed E-state index contributed by atoms with van der Waals surface area (Å²) in [6.45, 7) is 0. The Morgan fingerprint density at radius 1 is 1.43 bits per heavy atom. The number of imidazole rings is 1. The molecular weight excluding hydrogens is 244 g/mol. The summed E-state index contributed by atoms with van der Waals surface area (Å²) < 4.78 is 2.59. The highest BCUT2D eigenvalue weighted by Gasteiger charge is 2.06. The summed E-state index contributed by atoms with van der Waals surface area (Å²) in [5, 5.41) is 0. The van der Waals surface area contributed by atoms with E-state index >= 15 is 0 Å². The molecule has 1 heterocycles. The van der Waals surface area contributed by atoms with Gasteiger partial charge in [0.2, 0.25) is 0 Å². The van der Waals surface area contributed by atoms with Crippen molar-refractivity contribution in [1.82, 2.24) is 9.55 Å². The smallest absolute Gasteiger partial charge is 0.153 e. The highest BCUT2D eigenvalue weighted by atomic mass is 79.9. The Labute approximate surface area is 89.5 Å². The number of carbonyl (C=O) groups is 1. The molecule has 2 rings (SSSR count). The maximum Gasteiger partial charge on any atom is 0.153 e. The van der Waals surface area contributed by atoms with Crippen molar-refractivity contribution in [3.8, 4) is 5.69 Å². The summed E-state index contributed by atoms with van der Waals surface area (Å²) >= 11 is 3.33. The molecule has 1 aromatic carbocycles. The largest absolute Gasteiger partial charge is 0.306 e. The van der Waals surface area contributed by atoms with E-state index in [2.05, 4.69) is 20.9 Å². The number of benzene rings is 1. The second kappa shape index (κ2) is 3.75. The van der Waals surface area contributed by atoms with Crippen molar-refractivity contribution in [2.75, 3.05) is 0 Å². The molecule has 70 valence electrons. The molecular formula is C10H7BrN2O. The normalized spacial score (nSPS) is 10.1. The molecule has 0 aliphatic heterocycles. The van der Waals surface area contributed by atoms with Crippen molar-refractivity contribution in [3.63, 3.8) is 0 Å². The van der Waals surface area contributed by atoms with Gasteiger partial charge in [-0.15, -0.1) is 0 Å². The molecule has 0 amide bonds. The monoisotopic (exact) mass is 250 g/mol. The summed E-state index contributed by atoms with van der Waals surface area (Å²) in [4.78, 5) is 14.8. The molecule has 0 aliphatic carbocycles. The molecule has 0 fully saturated rings. The van der Waals surface area contributed by atoms with Crippen LogP contribution in [0.2, 0.25) is 0 Å². The molecule has 0 atom stereocenters. The number of aldehydes is 1. The predicted molar refractivity (Wildman–Crippen MR) is 56.7 cm³/mol. The Morgan fingerprint density at radius 2 is 2.29 bits per heavy atom. The van der Waals surface area contributed by atoms with Crippen molar-refractivity contribution < 1.29 is 4.79 Å². The van der Waals surface area contributed by atoms with E-state index in [0.717, 1.165) is 16.4 Å². The maximum atomic E-state index is 10.9. The number of carbonyl (C=O) groups excluding carboxylic acids is 1. The standard InChI is InChI=1S/C10H7BrN2O/c11-9-2-1-3-10(8(9)6-14)13-5-4-12-7-13/h1-7H. The minimum atomic E-state index is 0.630. The summed E-state index contributed by atoms with van der Waals surface area (Å²) in [5.41, 5.74) is 1.46. The molecule has 0 N–H and O–H groups in total. The number of hydrogen-bond acceptors (Lipinski definition) is 2. The molecule has 0 saturated carbocycles. The fourth-order valence-corrected chi connectivity index (χ4v) is 1.72. The fourth-order valence-electron chi connectivity index (χ4n) is 1.27. The average Bonchev–Trinajstić information content (AvgIpc) is 2.70. The van der Waals surface area contributed by atoms with E-state index in [0.29, 0.717) is 5.56 Å². The first-order valence-electron chi connectivity index (χ1n) is 4.05. The Kier molecular flexibility index (Phi) is 2.45. The fraction of sp³-hybridized carbons (Fsp3) is 0. The van der Waals surface area contributed by atoms with Crippen LogP contribution in [0.5, 0.6) is 0 Å². The summed E-state index contributed by atoms with van der Waals surface area (Å²) in [6.07, 6.45) is 5.97. The summed E-state index contributed by atoms with van der Waals surface area (Å²) in [7, 11) is 0. The molecule has 2 aromatic rings. The first-order valence-corrected chi connectivity index (χ1v) is 4.84. The van der Waals surface area contributed by atoms with E-state index in [4.69, 9.17) is 0 Å². The van der Waals surface area contributed by atoms with Gasteiger partial charge >= 0.3 is 0 Å². The van der Waals surface area contributed by atoms with Gasteiger partial charge in [0.05, 0.1) is 17.6 Å². The van der Waals surface area contributed by atoms with E-state index in [1.54, 1.807) is 23.3 Å². The van der Waals surface area contributed by atoms with E-state index in [9.17, 15) is 4.79 Å². The van der Waals surface area contributed by atoms with Gasteiger partial charge in [-0.1, -0.05) is 6.07 Å². The molecule has 4 heteroatoms. The van der Waals surface area contributed by atoms with Crippen LogP contribution in [-0.2, 0) is 0 Å². The lowest BCUT2D eigenvalue weighted by Crippen LogP contribution is -1.96. The zero-order valence-electron chi connectivity index (χ0n) is 7.22. The van der Waals surface area contributed by atoms with Crippen LogP contribution in [0.25, 0.3) is 5.69 Å². The zero-order valence-corrected chi connectivity index (χ0v) is 8.81. The van der Waals surface area contributed by atoms with Crippen LogP contribution >= 0.6 is 15.9 Å². The second-order valence-electron chi connectivity index (χ2n) is 2.76. The Hall–Kier alpha value is -1.42. The minimum absolute atomic E-state index is 0.630. The number of aromatic nitrogens is 2. The summed E-state index contributed by atoms with van der Waals surface area (Å²) in [5.74, 6) is 0. The van der Waals surface area contributed by atoms with Gasteiger partial charge in [0.1, 0.15) is 0 Å². The van der Waals surface area contributed by atoms with E-state index in [1.807, 2.05) is 18.2 Å². The van der Waals surface area contributed by atoms with E-state index in [-0.39, 0.29) is 0 Å². The first kappa shape index (κ1) is 9.15. The predicted octanol–water partition coefficient (Wildman–Crippen LogP) is 2.45. The highest BCUT2D eigenvalue weighted by Crippen LogP contribution is 2.21. The lowest BCUT2D eigenvalue weighted by Gasteiger charge is -2.06. The van der Waals surface area contributed by atoms with Crippen molar-refractivity contribution in [3.05, 3.63) is 47.0 Å². The average molecular weight is 251 g/mol. The number of halogens is 1. The summed E-state index contributed by atoms with van der Waals surface area (Å²) in [6, 6.07) is 5.59. The molecule has 0 radical (unpaired) electrons. The number of hydrogen-bond donors (Lipinski definition) is 0. The first-order chi connectivity index (χ1) is 6.83. The third-order valence-electron chi connectivity index (χ3n) is 1.93. The van der Waals surface area contributed by atoms with Crippen LogP contribution in [0.15, 0.2) is 41.4 Å². The molecule has 0 bridgehead atoms. The topological polar surface area (TPSA) is 34.9 Å². The van der Waals surface area contributed by atoms with Crippen LogP contribution in [0, 0.1) is 0 Å². The molecule has 0 aliphatic rings. The third-order valence-corrected chi connectivity index (χ3v) is 2.62. The van der Waals surface area contributed by atoms with Crippen molar-refractivity contribution in [2.24, 2.45) is 0 Å². The molecule has 14 heavy (non-hydrogen) atoms. The highest BCUT2D eigenvalue weighted by molar-refractivity contribution is 9.10. The van der Waals surface area contributed by atoms with Gasteiger partial charge in [-0.2, -0.15) is 0 Å². The molecule has 0 unspecified atom stereocenters. The maximum absolute atomic E-state index is 10.9. The van der Waals surface area contributed by atoms with E-state index in [1.165, 1.54) is 0 Å². The van der Waals surface area contributed by atoms with Crippen molar-refractivity contribution in [1.29, 1.82) is 0 Å². The lowest BCUT2D eigenvalue weighted by molar-refractivity contribution is 0.112. The molecule has 0 spiro atoms. The number of nitrogens with zero attached hydrogens (tertiary/aromatic N) is 2. The van der Waals surface area contributed by atoms with Crippen LogP contribution in [0.4, 0.5) is 0 Å². The SMILES string of the molecule is O=Cc1c(Br)cccc1-n1ccnc1. The van der Waals surface area contributed by atoms with Crippen LogP contribution in [0.3, 0.4) is 0 Å². The van der Waals surface area contributed by atoms with Crippen molar-refractivity contribution >= 4 is 22.2 Å². The Morgan fingerprint density at radius 3 is 2.93 bits per heavy atom. The number of rotatable bonds is 2. The van der Waals surface area contributed by atoms with Crippen molar-refractivity contribution in [2.45, 2.75) is 0 Å². The zero-order chi connectivity index (χ0) is 9.97. The van der Waals surface area contributed by atoms with Crippen LogP contribution in [-0.4, -0.2) is 15.8 Å². The van der Waals surface area contributed by atoms with Gasteiger partial charge in [-0.25, -0.2) is 4.98 Å². The van der Waals surface area contributed by atoms with Gasteiger partial charge in [-0.05, 0) is 28.1 Å². The van der Waals surface area contributed by atoms with Gasteiger partial charge in [0.25, 0.3) is 0 Å². The second-order valence-corrected chi connectivity index (χ2v) is 3.61. The lowest BCUT2D eigenvalue weighted by atomic mass is 10.2. The van der Waals surface area contributed by atoms with Crippen LogP contribution < -0.4 is 0 Å². The van der Waals surface area contributed by atoms with E-state index < -0.39 is 0 Å². The van der Waals surface area contributed by atoms with Crippen LogP contribution in [0.1, 0.15) is 10.4 Å². The third kappa shape index (κ3) is 1.48. The van der Waals surface area contributed by atoms with Gasteiger partial charge in [0, 0.05) is 16.9 Å². The molecule has 0 saturated heterocycles. The molecule has 1 aromatic heterocycles. The van der Waals surface area contributed by atoms with Gasteiger partial charge in [0.15, 0.2) is 6.29 Å². The molecule has 3 nitrogen and oxygen atoms in total. The Balaban J connectivity index is 2.64. The quantitative estimate of drug-likeness (QED) is 0.768. The Bertz CT molecular complexity index is 451. The minimum Gasteiger partial charge on any atom is -0.306 e. The van der Waals surface area contributed by atoms with Gasteiger partial charge < -0.3 is 4.57 Å². The van der Waals surface area contributed by atoms with Gasteiger partial charge in [-0.3, -0.25) is 4.79 Å².